The van der Waals surface area contributed by atoms with Gasteiger partial charge in [-0.2, -0.15) is 0 Å². The van der Waals surface area contributed by atoms with Gasteiger partial charge in [0.1, 0.15) is 0 Å². The second-order valence-electron chi connectivity index (χ2n) is 5.34. The van der Waals surface area contributed by atoms with Crippen molar-refractivity contribution < 1.29 is 9.72 Å². The first-order chi connectivity index (χ1) is 11.9. The Hall–Kier alpha value is -2.71. The number of nitrogens with zero attached hydrogens (tertiary/aromatic N) is 2. The number of carbonyl (C=O) groups is 1. The van der Waals surface area contributed by atoms with Crippen LogP contribution in [0.3, 0.4) is 0 Å². The molecule has 3 rings (SSSR count). The van der Waals surface area contributed by atoms with Crippen molar-refractivity contribution in [1.29, 1.82) is 0 Å². The van der Waals surface area contributed by atoms with Gasteiger partial charge in [-0.15, -0.1) is 0 Å². The minimum absolute atomic E-state index is 0.0183. The van der Waals surface area contributed by atoms with E-state index >= 15 is 0 Å². The lowest BCUT2D eigenvalue weighted by Crippen LogP contribution is -2.33. The second kappa shape index (κ2) is 7.04. The Balaban J connectivity index is 1.77. The molecule has 1 aliphatic rings. The number of nitro benzene ring substituents is 1. The molecule has 126 valence electrons. The number of rotatable bonds is 4. The molecule has 0 spiro atoms. The van der Waals surface area contributed by atoms with Crippen LogP contribution in [0.1, 0.15) is 11.1 Å². The highest BCUT2D eigenvalue weighted by Crippen LogP contribution is 2.33. The molecule has 6 nitrogen and oxygen atoms in total. The number of carbonyl (C=O) groups excluding carboxylic acids is 1. The van der Waals surface area contributed by atoms with Crippen LogP contribution < -0.4 is 5.43 Å². The highest BCUT2D eigenvalue weighted by atomic mass is 32.2. The Labute approximate surface area is 153 Å². The molecule has 8 heteroatoms. The van der Waals surface area contributed by atoms with Gasteiger partial charge in [0.05, 0.1) is 15.5 Å². The van der Waals surface area contributed by atoms with Gasteiger partial charge >= 0.3 is 0 Å². The van der Waals surface area contributed by atoms with Crippen molar-refractivity contribution in [1.82, 2.24) is 5.01 Å². The first-order valence-electron chi connectivity index (χ1n) is 7.30. The fourth-order valence-corrected chi connectivity index (χ4v) is 3.34. The van der Waals surface area contributed by atoms with Crippen LogP contribution in [0, 0.1) is 17.0 Å². The fraction of sp³-hybridized carbons (Fsp3) is 0.0588. The Morgan fingerprint density at radius 2 is 1.80 bits per heavy atom. The van der Waals surface area contributed by atoms with Crippen molar-refractivity contribution in [3.05, 3.63) is 74.7 Å². The van der Waals surface area contributed by atoms with Crippen LogP contribution in [0.5, 0.6) is 0 Å². The van der Waals surface area contributed by atoms with E-state index in [9.17, 15) is 14.9 Å². The number of aryl methyl sites for hydroxylation is 1. The Bertz CT molecular complexity index is 877. The standard InChI is InChI=1S/C17H13N3O3S2/c1-11-2-4-12(5-3-11)10-15-16(21)19(17(24)25-15)18-13-6-8-14(9-7-13)20(22)23/h2-10,18H,1H3/b15-10+. The summed E-state index contributed by atoms with van der Waals surface area (Å²) in [6.07, 6.45) is 1.79. The summed E-state index contributed by atoms with van der Waals surface area (Å²) in [4.78, 5) is 23.3. The molecular weight excluding hydrogens is 358 g/mol. The molecule has 0 aromatic heterocycles. The smallest absolute Gasteiger partial charge is 0.285 e. The molecule has 1 fully saturated rings. The second-order valence-corrected chi connectivity index (χ2v) is 7.02. The predicted molar refractivity (Wildman–Crippen MR) is 103 cm³/mol. The van der Waals surface area contributed by atoms with Gasteiger partial charge in [0.25, 0.3) is 11.6 Å². The van der Waals surface area contributed by atoms with Crippen LogP contribution in [0.25, 0.3) is 6.08 Å². The van der Waals surface area contributed by atoms with E-state index in [0.717, 1.165) is 11.1 Å². The minimum atomic E-state index is -0.478. The number of hydrogen-bond donors (Lipinski definition) is 1. The molecule has 1 amide bonds. The van der Waals surface area contributed by atoms with Crippen LogP contribution in [-0.2, 0) is 4.79 Å². The molecule has 2 aromatic rings. The average molecular weight is 371 g/mol. The quantitative estimate of drug-likeness (QED) is 0.377. The van der Waals surface area contributed by atoms with Gasteiger partial charge in [-0.05, 0) is 42.9 Å². The molecule has 0 unspecified atom stereocenters. The minimum Gasteiger partial charge on any atom is -0.290 e. The van der Waals surface area contributed by atoms with Gasteiger partial charge in [0, 0.05) is 12.1 Å². The number of thiocarbonyl (C=S) groups is 1. The van der Waals surface area contributed by atoms with Crippen molar-refractivity contribution >= 4 is 51.7 Å². The van der Waals surface area contributed by atoms with Crippen molar-refractivity contribution in [2.24, 2.45) is 0 Å². The highest BCUT2D eigenvalue weighted by molar-refractivity contribution is 8.26. The van der Waals surface area contributed by atoms with Crippen LogP contribution >= 0.6 is 24.0 Å². The monoisotopic (exact) mass is 371 g/mol. The maximum Gasteiger partial charge on any atom is 0.285 e. The number of nitrogens with one attached hydrogen (secondary N) is 1. The van der Waals surface area contributed by atoms with Crippen molar-refractivity contribution in [3.63, 3.8) is 0 Å². The normalized spacial score (nSPS) is 15.7. The van der Waals surface area contributed by atoms with Crippen molar-refractivity contribution in [3.8, 4) is 0 Å². The van der Waals surface area contributed by atoms with Crippen LogP contribution in [0.4, 0.5) is 11.4 Å². The van der Waals surface area contributed by atoms with E-state index in [4.69, 9.17) is 12.2 Å². The number of hydrogen-bond acceptors (Lipinski definition) is 6. The SMILES string of the molecule is Cc1ccc(/C=C2/SC(=S)N(Nc3ccc([N+](=O)[O-])cc3)C2=O)cc1. The van der Waals surface area contributed by atoms with Gasteiger partial charge in [0.15, 0.2) is 4.32 Å². The van der Waals surface area contributed by atoms with E-state index in [0.29, 0.717) is 14.9 Å². The molecule has 25 heavy (non-hydrogen) atoms. The number of non-ortho nitro benzene ring substituents is 1. The zero-order valence-corrected chi connectivity index (χ0v) is 14.8. The molecule has 1 saturated heterocycles. The Kier molecular flexibility index (Phi) is 4.82. The van der Waals surface area contributed by atoms with E-state index < -0.39 is 4.92 Å². The van der Waals surface area contributed by atoms with E-state index in [2.05, 4.69) is 5.43 Å². The zero-order chi connectivity index (χ0) is 18.0. The third-order valence-corrected chi connectivity index (χ3v) is 4.79. The summed E-state index contributed by atoms with van der Waals surface area (Å²) in [5.74, 6) is -0.256. The molecule has 0 aliphatic carbocycles. The summed E-state index contributed by atoms with van der Waals surface area (Å²) >= 11 is 6.46. The van der Waals surface area contributed by atoms with Gasteiger partial charge in [0.2, 0.25) is 0 Å². The Morgan fingerprint density at radius 1 is 1.16 bits per heavy atom. The number of benzene rings is 2. The van der Waals surface area contributed by atoms with Crippen molar-refractivity contribution in [2.45, 2.75) is 6.92 Å². The number of anilines is 1. The molecule has 0 atom stereocenters. The van der Waals surface area contributed by atoms with E-state index in [1.807, 2.05) is 31.2 Å². The van der Waals surface area contributed by atoms with E-state index in [-0.39, 0.29) is 11.6 Å². The average Bonchev–Trinajstić information content (AvgIpc) is 2.85. The van der Waals surface area contributed by atoms with Crippen LogP contribution in [0.15, 0.2) is 53.4 Å². The number of nitro groups is 1. The van der Waals surface area contributed by atoms with E-state index in [1.165, 1.54) is 41.0 Å². The molecule has 2 aromatic carbocycles. The maximum atomic E-state index is 12.5. The van der Waals surface area contributed by atoms with Crippen molar-refractivity contribution in [2.75, 3.05) is 5.43 Å². The van der Waals surface area contributed by atoms with Gasteiger partial charge in [-0.3, -0.25) is 20.3 Å². The summed E-state index contributed by atoms with van der Waals surface area (Å²) in [6.45, 7) is 2.00. The van der Waals surface area contributed by atoms with Crippen LogP contribution in [-0.4, -0.2) is 20.2 Å². The molecule has 0 bridgehead atoms. The lowest BCUT2D eigenvalue weighted by Gasteiger charge is -2.16. The molecular formula is C17H13N3O3S2. The lowest BCUT2D eigenvalue weighted by molar-refractivity contribution is -0.384. The first kappa shape index (κ1) is 17.1. The molecule has 1 heterocycles. The number of hydrazine groups is 1. The van der Waals surface area contributed by atoms with E-state index in [1.54, 1.807) is 6.08 Å². The largest absolute Gasteiger partial charge is 0.290 e. The summed E-state index contributed by atoms with van der Waals surface area (Å²) in [6, 6.07) is 13.6. The summed E-state index contributed by atoms with van der Waals surface area (Å²) in [7, 11) is 0. The maximum absolute atomic E-state index is 12.5. The summed E-state index contributed by atoms with van der Waals surface area (Å²) < 4.78 is 0.377. The molecule has 1 N–H and O–H groups in total. The van der Waals surface area contributed by atoms with Gasteiger partial charge < -0.3 is 0 Å². The van der Waals surface area contributed by atoms with Crippen LogP contribution in [0.2, 0.25) is 0 Å². The summed E-state index contributed by atoms with van der Waals surface area (Å²) in [5.41, 5.74) is 5.47. The topological polar surface area (TPSA) is 75.5 Å². The summed E-state index contributed by atoms with van der Waals surface area (Å²) in [5, 5.41) is 12.0. The predicted octanol–water partition coefficient (Wildman–Crippen LogP) is 4.13. The highest BCUT2D eigenvalue weighted by Gasteiger charge is 2.32. The van der Waals surface area contributed by atoms with Gasteiger partial charge in [-0.1, -0.05) is 41.6 Å². The fourth-order valence-electron chi connectivity index (χ4n) is 2.16. The molecule has 1 aliphatic heterocycles. The molecule has 0 radical (unpaired) electrons. The number of amides is 1. The third-order valence-electron chi connectivity index (χ3n) is 3.49. The zero-order valence-electron chi connectivity index (χ0n) is 13.1. The Morgan fingerprint density at radius 3 is 2.40 bits per heavy atom. The number of thioether (sulfide) groups is 1. The molecule has 0 saturated carbocycles. The third kappa shape index (κ3) is 3.86. The lowest BCUT2D eigenvalue weighted by atomic mass is 10.1. The van der Waals surface area contributed by atoms with Gasteiger partial charge in [-0.25, -0.2) is 5.01 Å². The first-order valence-corrected chi connectivity index (χ1v) is 8.52.